The summed E-state index contributed by atoms with van der Waals surface area (Å²) in [5.74, 6) is -0.113. The van der Waals surface area contributed by atoms with Crippen molar-refractivity contribution in [2.75, 3.05) is 24.5 Å². The molecule has 1 N–H and O–H groups in total. The number of sulfonamides is 1. The van der Waals surface area contributed by atoms with E-state index in [0.717, 1.165) is 39.4 Å². The molecule has 0 radical (unpaired) electrons. The van der Waals surface area contributed by atoms with E-state index in [-0.39, 0.29) is 17.3 Å². The lowest BCUT2D eigenvalue weighted by Crippen LogP contribution is -2.51. The average Bonchev–Trinajstić information content (AvgIpc) is 2.96. The molecule has 0 saturated heterocycles. The van der Waals surface area contributed by atoms with Crippen molar-refractivity contribution in [2.24, 2.45) is 0 Å². The number of unbranched alkanes of at least 4 members (excludes halogenated alkanes) is 1. The highest BCUT2D eigenvalue weighted by Crippen LogP contribution is 2.29. The number of carbonyl (C=O) groups excluding carboxylic acids is 2. The van der Waals surface area contributed by atoms with Gasteiger partial charge in [0.2, 0.25) is 11.8 Å². The molecule has 0 aromatic heterocycles. The molecule has 220 valence electrons. The maximum absolute atomic E-state index is 14.1. The number of rotatable bonds is 13. The fourth-order valence-corrected chi connectivity index (χ4v) is 5.87. The van der Waals surface area contributed by atoms with Gasteiger partial charge in [-0.25, -0.2) is 8.42 Å². The fraction of sp³-hybridized carbons (Fsp3) is 0.375. The monoisotopic (exact) mass is 579 g/mol. The van der Waals surface area contributed by atoms with Gasteiger partial charge in [0.25, 0.3) is 10.0 Å². The van der Waals surface area contributed by atoms with Gasteiger partial charge in [0, 0.05) is 13.1 Å². The number of amides is 2. The Morgan fingerprint density at radius 2 is 1.61 bits per heavy atom. The first kappa shape index (κ1) is 31.7. The normalized spacial score (nSPS) is 12.0. The minimum Gasteiger partial charge on any atom is -0.497 e. The number of carbonyl (C=O) groups is 2. The van der Waals surface area contributed by atoms with Gasteiger partial charge in [0.05, 0.1) is 17.7 Å². The highest BCUT2D eigenvalue weighted by Gasteiger charge is 2.33. The summed E-state index contributed by atoms with van der Waals surface area (Å²) in [6.07, 6.45) is 1.74. The van der Waals surface area contributed by atoms with Crippen LogP contribution in [0, 0.1) is 20.8 Å². The van der Waals surface area contributed by atoms with Crippen molar-refractivity contribution in [1.82, 2.24) is 10.2 Å². The summed E-state index contributed by atoms with van der Waals surface area (Å²) in [7, 11) is -2.54. The predicted molar refractivity (Wildman–Crippen MR) is 163 cm³/mol. The Morgan fingerprint density at radius 3 is 2.22 bits per heavy atom. The van der Waals surface area contributed by atoms with Crippen molar-refractivity contribution in [3.8, 4) is 5.75 Å². The number of aryl methyl sites for hydroxylation is 2. The summed E-state index contributed by atoms with van der Waals surface area (Å²) in [4.78, 5) is 28.7. The molecule has 3 rings (SSSR count). The number of nitrogens with zero attached hydrogens (tertiary/aromatic N) is 2. The SMILES string of the molecule is CCCCNC(=O)[C@@H](C)N(Cc1ccc(OC)cc1)C(=O)CN(c1cccc(C)c1C)S(=O)(=O)c1ccc(C)cc1. The molecule has 9 heteroatoms. The lowest BCUT2D eigenvalue weighted by atomic mass is 10.1. The summed E-state index contributed by atoms with van der Waals surface area (Å²) in [6.45, 7) is 9.47. The molecule has 0 spiro atoms. The minimum absolute atomic E-state index is 0.0869. The van der Waals surface area contributed by atoms with Crippen molar-refractivity contribution in [3.63, 3.8) is 0 Å². The van der Waals surface area contributed by atoms with Gasteiger partial charge >= 0.3 is 0 Å². The van der Waals surface area contributed by atoms with Gasteiger partial charge in [0.15, 0.2) is 0 Å². The molecule has 0 heterocycles. The van der Waals surface area contributed by atoms with E-state index < -0.39 is 28.5 Å². The molecule has 3 aromatic carbocycles. The van der Waals surface area contributed by atoms with Gasteiger partial charge in [-0.05, 0) is 81.1 Å². The molecule has 0 aliphatic heterocycles. The van der Waals surface area contributed by atoms with E-state index >= 15 is 0 Å². The molecule has 8 nitrogen and oxygen atoms in total. The largest absolute Gasteiger partial charge is 0.497 e. The number of benzene rings is 3. The van der Waals surface area contributed by atoms with Crippen molar-refractivity contribution in [1.29, 1.82) is 0 Å². The van der Waals surface area contributed by atoms with Crippen molar-refractivity contribution in [2.45, 2.75) is 64.9 Å². The third kappa shape index (κ3) is 7.88. The van der Waals surface area contributed by atoms with Crippen molar-refractivity contribution in [3.05, 3.63) is 89.0 Å². The third-order valence-corrected chi connectivity index (χ3v) is 9.02. The zero-order valence-electron chi connectivity index (χ0n) is 24.8. The lowest BCUT2D eigenvalue weighted by Gasteiger charge is -2.32. The van der Waals surface area contributed by atoms with Gasteiger partial charge in [0.1, 0.15) is 18.3 Å². The third-order valence-electron chi connectivity index (χ3n) is 7.24. The maximum Gasteiger partial charge on any atom is 0.264 e. The Bertz CT molecular complexity index is 1440. The van der Waals surface area contributed by atoms with E-state index in [2.05, 4.69) is 5.32 Å². The van der Waals surface area contributed by atoms with Gasteiger partial charge in [-0.1, -0.05) is 55.3 Å². The molecule has 0 fully saturated rings. The first-order chi connectivity index (χ1) is 19.5. The zero-order chi connectivity index (χ0) is 30.2. The molecule has 0 unspecified atom stereocenters. The van der Waals surface area contributed by atoms with Crippen LogP contribution in [0.5, 0.6) is 5.75 Å². The van der Waals surface area contributed by atoms with E-state index in [1.54, 1.807) is 62.6 Å². The maximum atomic E-state index is 14.1. The van der Waals surface area contributed by atoms with Crippen LogP contribution in [0.25, 0.3) is 0 Å². The Kier molecular flexibility index (Phi) is 10.9. The summed E-state index contributed by atoms with van der Waals surface area (Å²) < 4.78 is 34.5. The Labute approximate surface area is 244 Å². The minimum atomic E-state index is -4.12. The molecule has 41 heavy (non-hydrogen) atoms. The number of ether oxygens (including phenoxy) is 1. The average molecular weight is 580 g/mol. The Balaban J connectivity index is 2.03. The van der Waals surface area contributed by atoms with Crippen LogP contribution in [0.4, 0.5) is 5.69 Å². The van der Waals surface area contributed by atoms with E-state index in [1.165, 1.54) is 4.90 Å². The molecule has 0 aliphatic carbocycles. The predicted octanol–water partition coefficient (Wildman–Crippen LogP) is 5.15. The van der Waals surface area contributed by atoms with E-state index in [0.29, 0.717) is 18.0 Å². The Morgan fingerprint density at radius 1 is 0.951 bits per heavy atom. The summed E-state index contributed by atoms with van der Waals surface area (Å²) >= 11 is 0. The smallest absolute Gasteiger partial charge is 0.264 e. The second kappa shape index (κ2) is 14.2. The zero-order valence-corrected chi connectivity index (χ0v) is 25.6. The molecular weight excluding hydrogens is 538 g/mol. The van der Waals surface area contributed by atoms with Crippen molar-refractivity contribution >= 4 is 27.5 Å². The topological polar surface area (TPSA) is 96.0 Å². The number of hydrogen-bond acceptors (Lipinski definition) is 5. The van der Waals surface area contributed by atoms with Crippen LogP contribution >= 0.6 is 0 Å². The van der Waals surface area contributed by atoms with E-state index in [4.69, 9.17) is 4.74 Å². The van der Waals surface area contributed by atoms with Gasteiger partial charge in [-0.3, -0.25) is 13.9 Å². The molecule has 0 bridgehead atoms. The quantitative estimate of drug-likeness (QED) is 0.283. The van der Waals surface area contributed by atoms with Crippen LogP contribution in [0.3, 0.4) is 0 Å². The molecule has 1 atom stereocenters. The van der Waals surface area contributed by atoms with Crippen LogP contribution < -0.4 is 14.4 Å². The van der Waals surface area contributed by atoms with E-state index in [9.17, 15) is 18.0 Å². The molecular formula is C32H41N3O5S. The summed E-state index contributed by atoms with van der Waals surface area (Å²) in [5, 5.41) is 2.90. The van der Waals surface area contributed by atoms with Crippen LogP contribution in [-0.4, -0.2) is 51.4 Å². The lowest BCUT2D eigenvalue weighted by molar-refractivity contribution is -0.139. The number of methoxy groups -OCH3 is 1. The highest BCUT2D eigenvalue weighted by molar-refractivity contribution is 7.92. The summed E-state index contributed by atoms with van der Waals surface area (Å²) in [5.41, 5.74) is 3.78. The van der Waals surface area contributed by atoms with Crippen LogP contribution in [0.1, 0.15) is 48.9 Å². The highest BCUT2D eigenvalue weighted by atomic mass is 32.2. The standard InChI is InChI=1S/C32H41N3O5S/c1-7-8-20-33-32(37)26(5)34(21-27-14-16-28(40-6)17-15-27)31(36)22-35(30-11-9-10-24(3)25(30)4)41(38,39)29-18-12-23(2)13-19-29/h9-19,26H,7-8,20-22H2,1-6H3,(H,33,37)/t26-/m1/s1. The molecule has 0 aliphatic rings. The van der Waals surface area contributed by atoms with E-state index in [1.807, 2.05) is 45.9 Å². The van der Waals surface area contributed by atoms with Crippen LogP contribution in [0.2, 0.25) is 0 Å². The first-order valence-corrected chi connectivity index (χ1v) is 15.3. The van der Waals surface area contributed by atoms with Crippen LogP contribution in [0.15, 0.2) is 71.6 Å². The second-order valence-electron chi connectivity index (χ2n) is 10.2. The molecule has 3 aromatic rings. The molecule has 0 saturated carbocycles. The number of nitrogens with one attached hydrogen (secondary N) is 1. The number of hydrogen-bond donors (Lipinski definition) is 1. The number of anilines is 1. The van der Waals surface area contributed by atoms with Gasteiger partial charge in [-0.2, -0.15) is 0 Å². The fourth-order valence-electron chi connectivity index (χ4n) is 4.40. The van der Waals surface area contributed by atoms with Gasteiger partial charge in [-0.15, -0.1) is 0 Å². The Hall–Kier alpha value is -3.85. The summed E-state index contributed by atoms with van der Waals surface area (Å²) in [6, 6.07) is 18.3. The van der Waals surface area contributed by atoms with Gasteiger partial charge < -0.3 is 15.0 Å². The second-order valence-corrected chi connectivity index (χ2v) is 12.1. The molecule has 2 amide bonds. The van der Waals surface area contributed by atoms with Crippen LogP contribution in [-0.2, 0) is 26.2 Å². The van der Waals surface area contributed by atoms with Crippen molar-refractivity contribution < 1.29 is 22.7 Å². The first-order valence-electron chi connectivity index (χ1n) is 13.8.